The molecule has 0 spiro atoms. The standard InChI is InChI=1S/C22H22ClF5N4O2/c23-15-2-4-17(18(11-15)32-9-7-31(8-10-32)6-5-22(26,27)28)30-21(34)16-3-1-14(12-29-13-33)19(24)20(16)25/h1-4,11,13H,5-10,12H2,(H,29,33)(H,30,34). The molecular formula is C22H22ClF5N4O2. The van der Waals surface area contributed by atoms with Gasteiger partial charge in [-0.2, -0.15) is 13.2 Å². The first-order valence-electron chi connectivity index (χ1n) is 10.4. The number of anilines is 2. The van der Waals surface area contributed by atoms with Crippen LogP contribution < -0.4 is 15.5 Å². The van der Waals surface area contributed by atoms with Gasteiger partial charge in [0, 0.05) is 49.9 Å². The van der Waals surface area contributed by atoms with Crippen LogP contribution in [0.15, 0.2) is 30.3 Å². The quantitative estimate of drug-likeness (QED) is 0.418. The molecule has 2 N–H and O–H groups in total. The first-order valence-corrected chi connectivity index (χ1v) is 10.8. The highest BCUT2D eigenvalue weighted by Crippen LogP contribution is 2.31. The van der Waals surface area contributed by atoms with Crippen molar-refractivity contribution in [3.63, 3.8) is 0 Å². The first-order chi connectivity index (χ1) is 16.1. The van der Waals surface area contributed by atoms with Crippen LogP contribution in [-0.2, 0) is 11.3 Å². The van der Waals surface area contributed by atoms with Gasteiger partial charge in [-0.15, -0.1) is 0 Å². The summed E-state index contributed by atoms with van der Waals surface area (Å²) in [4.78, 5) is 26.6. The number of hydrogen-bond donors (Lipinski definition) is 2. The Labute approximate surface area is 197 Å². The molecule has 0 unspecified atom stereocenters. The highest BCUT2D eigenvalue weighted by atomic mass is 35.5. The summed E-state index contributed by atoms with van der Waals surface area (Å²) < 4.78 is 66.2. The normalized spacial score (nSPS) is 14.7. The Morgan fingerprint density at radius 3 is 2.41 bits per heavy atom. The van der Waals surface area contributed by atoms with E-state index in [1.807, 2.05) is 4.90 Å². The van der Waals surface area contributed by atoms with Crippen molar-refractivity contribution in [3.8, 4) is 0 Å². The summed E-state index contributed by atoms with van der Waals surface area (Å²) in [6, 6.07) is 6.94. The van der Waals surface area contributed by atoms with Gasteiger partial charge in [-0.25, -0.2) is 8.78 Å². The van der Waals surface area contributed by atoms with Gasteiger partial charge >= 0.3 is 6.18 Å². The lowest BCUT2D eigenvalue weighted by Crippen LogP contribution is -2.47. The molecule has 1 saturated heterocycles. The number of amides is 2. The van der Waals surface area contributed by atoms with E-state index in [0.29, 0.717) is 49.0 Å². The number of nitrogens with one attached hydrogen (secondary N) is 2. The van der Waals surface area contributed by atoms with Crippen molar-refractivity contribution in [2.45, 2.75) is 19.1 Å². The molecule has 2 aromatic carbocycles. The van der Waals surface area contributed by atoms with Crippen LogP contribution >= 0.6 is 11.6 Å². The van der Waals surface area contributed by atoms with Crippen molar-refractivity contribution in [3.05, 3.63) is 58.1 Å². The van der Waals surface area contributed by atoms with Crippen molar-refractivity contribution >= 4 is 35.3 Å². The third-order valence-electron chi connectivity index (χ3n) is 5.42. The third-order valence-corrected chi connectivity index (χ3v) is 5.65. The Kier molecular flexibility index (Phi) is 8.32. The lowest BCUT2D eigenvalue weighted by molar-refractivity contribution is -0.138. The second-order valence-corrected chi connectivity index (χ2v) is 8.14. The fourth-order valence-corrected chi connectivity index (χ4v) is 3.78. The first kappa shape index (κ1) is 25.7. The van der Waals surface area contributed by atoms with Gasteiger partial charge in [0.15, 0.2) is 11.6 Å². The fraction of sp³-hybridized carbons (Fsp3) is 0.364. The molecule has 0 radical (unpaired) electrons. The van der Waals surface area contributed by atoms with E-state index in [1.54, 1.807) is 11.0 Å². The molecule has 184 valence electrons. The van der Waals surface area contributed by atoms with Crippen LogP contribution in [0.2, 0.25) is 5.02 Å². The van der Waals surface area contributed by atoms with Crippen molar-refractivity contribution in [1.82, 2.24) is 10.2 Å². The van der Waals surface area contributed by atoms with Gasteiger partial charge in [-0.1, -0.05) is 17.7 Å². The molecule has 12 heteroatoms. The van der Waals surface area contributed by atoms with Gasteiger partial charge in [0.2, 0.25) is 6.41 Å². The maximum Gasteiger partial charge on any atom is 0.390 e. The lowest BCUT2D eigenvalue weighted by atomic mass is 10.1. The average Bonchev–Trinajstić information content (AvgIpc) is 2.79. The van der Waals surface area contributed by atoms with E-state index in [2.05, 4.69) is 10.6 Å². The van der Waals surface area contributed by atoms with Crippen LogP contribution in [0.5, 0.6) is 0 Å². The van der Waals surface area contributed by atoms with Crippen LogP contribution in [0.25, 0.3) is 0 Å². The molecule has 2 amide bonds. The number of carbonyl (C=O) groups excluding carboxylic acids is 2. The predicted molar refractivity (Wildman–Crippen MR) is 118 cm³/mol. The number of nitrogens with zero attached hydrogens (tertiary/aromatic N) is 2. The minimum atomic E-state index is -4.22. The third kappa shape index (κ3) is 6.57. The number of benzene rings is 2. The molecule has 1 aliphatic heterocycles. The summed E-state index contributed by atoms with van der Waals surface area (Å²) in [5.41, 5.74) is 0.176. The summed E-state index contributed by atoms with van der Waals surface area (Å²) >= 11 is 6.11. The van der Waals surface area contributed by atoms with E-state index in [9.17, 15) is 31.5 Å². The number of piperazine rings is 1. The Balaban J connectivity index is 1.73. The molecule has 34 heavy (non-hydrogen) atoms. The molecule has 0 bridgehead atoms. The molecule has 0 aromatic heterocycles. The highest BCUT2D eigenvalue weighted by molar-refractivity contribution is 6.31. The van der Waals surface area contributed by atoms with E-state index in [4.69, 9.17) is 11.6 Å². The van der Waals surface area contributed by atoms with Gasteiger partial charge in [-0.05, 0) is 24.3 Å². The van der Waals surface area contributed by atoms with Crippen LogP contribution in [0.3, 0.4) is 0 Å². The van der Waals surface area contributed by atoms with Gasteiger partial charge in [0.05, 0.1) is 23.4 Å². The van der Waals surface area contributed by atoms with E-state index >= 15 is 0 Å². The zero-order valence-electron chi connectivity index (χ0n) is 17.9. The van der Waals surface area contributed by atoms with Gasteiger partial charge in [0.25, 0.3) is 5.91 Å². The summed E-state index contributed by atoms with van der Waals surface area (Å²) in [5.74, 6) is -3.48. The van der Waals surface area contributed by atoms with Crippen LogP contribution in [0, 0.1) is 11.6 Å². The zero-order valence-corrected chi connectivity index (χ0v) is 18.6. The van der Waals surface area contributed by atoms with E-state index in [-0.39, 0.29) is 18.7 Å². The summed E-state index contributed by atoms with van der Waals surface area (Å²) in [6.07, 6.45) is -4.77. The molecule has 6 nitrogen and oxygen atoms in total. The van der Waals surface area contributed by atoms with Crippen LogP contribution in [0.4, 0.5) is 33.3 Å². The Morgan fingerprint density at radius 2 is 1.76 bits per heavy atom. The van der Waals surface area contributed by atoms with Crippen LogP contribution in [-0.4, -0.2) is 56.1 Å². The summed E-state index contributed by atoms with van der Waals surface area (Å²) in [5, 5.41) is 5.15. The van der Waals surface area contributed by atoms with Gasteiger partial charge < -0.3 is 15.5 Å². The number of halogens is 6. The van der Waals surface area contributed by atoms with Gasteiger partial charge in [-0.3, -0.25) is 14.5 Å². The highest BCUT2D eigenvalue weighted by Gasteiger charge is 2.29. The Morgan fingerprint density at radius 1 is 1.06 bits per heavy atom. The molecule has 1 aliphatic rings. The Bertz CT molecular complexity index is 1040. The monoisotopic (exact) mass is 504 g/mol. The summed E-state index contributed by atoms with van der Waals surface area (Å²) in [7, 11) is 0. The van der Waals surface area contributed by atoms with Crippen molar-refractivity contribution in [1.29, 1.82) is 0 Å². The van der Waals surface area contributed by atoms with Crippen molar-refractivity contribution < 1.29 is 31.5 Å². The largest absolute Gasteiger partial charge is 0.390 e. The SMILES string of the molecule is O=CNCc1ccc(C(=O)Nc2ccc(Cl)cc2N2CCN(CCC(F)(F)F)CC2)c(F)c1F. The molecule has 0 aliphatic carbocycles. The maximum absolute atomic E-state index is 14.5. The molecule has 1 heterocycles. The van der Waals surface area contributed by atoms with Crippen LogP contribution in [0.1, 0.15) is 22.3 Å². The summed E-state index contributed by atoms with van der Waals surface area (Å²) in [6.45, 7) is 1.22. The maximum atomic E-state index is 14.5. The van der Waals surface area contributed by atoms with Gasteiger partial charge in [0.1, 0.15) is 0 Å². The van der Waals surface area contributed by atoms with E-state index in [1.165, 1.54) is 18.2 Å². The molecule has 3 rings (SSSR count). The lowest BCUT2D eigenvalue weighted by Gasteiger charge is -2.37. The molecule has 2 aromatic rings. The van der Waals surface area contributed by atoms with E-state index < -0.39 is 35.7 Å². The zero-order chi connectivity index (χ0) is 24.9. The molecule has 1 fully saturated rings. The van der Waals surface area contributed by atoms with E-state index in [0.717, 1.165) is 6.07 Å². The van der Waals surface area contributed by atoms with Crippen molar-refractivity contribution in [2.24, 2.45) is 0 Å². The predicted octanol–water partition coefficient (Wildman–Crippen LogP) is 4.19. The average molecular weight is 505 g/mol. The number of alkyl halides is 3. The topological polar surface area (TPSA) is 64.7 Å². The minimum absolute atomic E-state index is 0.0975. The molecule has 0 atom stereocenters. The van der Waals surface area contributed by atoms with Crippen molar-refractivity contribution in [2.75, 3.05) is 42.9 Å². The molecule has 0 saturated carbocycles. The molecular weight excluding hydrogens is 483 g/mol. The fourth-order valence-electron chi connectivity index (χ4n) is 3.61. The minimum Gasteiger partial charge on any atom is -0.367 e. The number of rotatable bonds is 8. The number of hydrogen-bond acceptors (Lipinski definition) is 4. The Hall–Kier alpha value is -2.92. The second-order valence-electron chi connectivity index (χ2n) is 7.71. The smallest absolute Gasteiger partial charge is 0.367 e. The number of carbonyl (C=O) groups is 2. The second kappa shape index (κ2) is 11.0.